The van der Waals surface area contributed by atoms with E-state index in [2.05, 4.69) is 10.3 Å². The highest BCUT2D eigenvalue weighted by Gasteiger charge is 2.21. The Balaban J connectivity index is 2.01. The number of carbonyl (C=O) groups excluding carboxylic acids is 1. The van der Waals surface area contributed by atoms with E-state index in [1.54, 1.807) is 11.1 Å². The molecule has 5 nitrogen and oxygen atoms in total. The molecule has 1 aromatic rings. The Kier molecular flexibility index (Phi) is 2.71. The maximum Gasteiger partial charge on any atom is 0.410 e. The highest BCUT2D eigenvalue weighted by atomic mass is 16.6. The molecule has 80 valence electrons. The molecule has 0 aliphatic carbocycles. The number of carbonyl (C=O) groups is 1. The zero-order valence-electron chi connectivity index (χ0n) is 8.56. The van der Waals surface area contributed by atoms with Crippen molar-refractivity contribution < 1.29 is 9.53 Å². The molecule has 0 atom stereocenters. The van der Waals surface area contributed by atoms with Gasteiger partial charge in [0.25, 0.3) is 0 Å². The van der Waals surface area contributed by atoms with Crippen LogP contribution in [0.25, 0.3) is 0 Å². The van der Waals surface area contributed by atoms with Crippen molar-refractivity contribution in [3.8, 4) is 0 Å². The van der Waals surface area contributed by atoms with Gasteiger partial charge in [-0.3, -0.25) is 0 Å². The van der Waals surface area contributed by atoms with Gasteiger partial charge in [-0.1, -0.05) is 6.07 Å². The molecule has 0 bridgehead atoms. The number of pyridine rings is 1. The summed E-state index contributed by atoms with van der Waals surface area (Å²) in [5.41, 5.74) is 1.01. The molecule has 2 rings (SSSR count). The van der Waals surface area contributed by atoms with Crippen molar-refractivity contribution in [2.45, 2.75) is 6.54 Å². The molecular weight excluding hydrogens is 194 g/mol. The fraction of sp³-hybridized carbons (Fsp3) is 0.400. The van der Waals surface area contributed by atoms with E-state index in [-0.39, 0.29) is 6.09 Å². The van der Waals surface area contributed by atoms with E-state index in [0.29, 0.717) is 19.7 Å². The lowest BCUT2D eigenvalue weighted by molar-refractivity contribution is 0.157. The lowest BCUT2D eigenvalue weighted by Crippen LogP contribution is -2.23. The molecule has 1 fully saturated rings. The molecule has 15 heavy (non-hydrogen) atoms. The number of rotatable bonds is 3. The topological polar surface area (TPSA) is 54.5 Å². The van der Waals surface area contributed by atoms with Crippen molar-refractivity contribution in [3.63, 3.8) is 0 Å². The van der Waals surface area contributed by atoms with Crippen LogP contribution in [0.2, 0.25) is 0 Å². The molecule has 2 heterocycles. The Hall–Kier alpha value is -1.78. The van der Waals surface area contributed by atoms with E-state index < -0.39 is 0 Å². The smallest absolute Gasteiger partial charge is 0.410 e. The molecule has 1 aromatic heterocycles. The van der Waals surface area contributed by atoms with E-state index in [9.17, 15) is 4.79 Å². The number of hydrogen-bond donors (Lipinski definition) is 1. The maximum absolute atomic E-state index is 11.2. The van der Waals surface area contributed by atoms with Crippen LogP contribution >= 0.6 is 0 Å². The molecular formula is C10H13N3O2. The number of nitrogens with zero attached hydrogens (tertiary/aromatic N) is 2. The molecule has 0 saturated carbocycles. The summed E-state index contributed by atoms with van der Waals surface area (Å²) in [5.74, 6) is 0.822. The van der Waals surface area contributed by atoms with Crippen LogP contribution in [-0.2, 0) is 11.3 Å². The summed E-state index contributed by atoms with van der Waals surface area (Å²) in [7, 11) is 1.82. The van der Waals surface area contributed by atoms with Crippen LogP contribution in [0.3, 0.4) is 0 Å². The summed E-state index contributed by atoms with van der Waals surface area (Å²) in [6.45, 7) is 1.71. The molecule has 1 saturated heterocycles. The SMILES string of the molecule is CNc1ccc(CN2CCOC2=O)cn1. The summed E-state index contributed by atoms with van der Waals surface area (Å²) in [6.07, 6.45) is 1.52. The lowest BCUT2D eigenvalue weighted by atomic mass is 10.2. The number of anilines is 1. The van der Waals surface area contributed by atoms with Gasteiger partial charge < -0.3 is 15.0 Å². The standard InChI is InChI=1S/C10H13N3O2/c1-11-9-3-2-8(6-12-9)7-13-4-5-15-10(13)14/h2-3,6H,4-5,7H2,1H3,(H,11,12). The highest BCUT2D eigenvalue weighted by Crippen LogP contribution is 2.11. The van der Waals surface area contributed by atoms with Gasteiger partial charge in [0.1, 0.15) is 12.4 Å². The van der Waals surface area contributed by atoms with Crippen molar-refractivity contribution in [3.05, 3.63) is 23.9 Å². The summed E-state index contributed by atoms with van der Waals surface area (Å²) >= 11 is 0. The first kappa shape index (κ1) is 9.76. The van der Waals surface area contributed by atoms with E-state index >= 15 is 0 Å². The minimum Gasteiger partial charge on any atom is -0.448 e. The predicted molar refractivity (Wildman–Crippen MR) is 55.5 cm³/mol. The van der Waals surface area contributed by atoms with Crippen molar-refractivity contribution in [2.24, 2.45) is 0 Å². The van der Waals surface area contributed by atoms with Crippen molar-refractivity contribution in [1.29, 1.82) is 0 Å². The number of ether oxygens (including phenoxy) is 1. The Bertz CT molecular complexity index is 350. The van der Waals surface area contributed by atoms with E-state index in [1.165, 1.54) is 0 Å². The van der Waals surface area contributed by atoms with E-state index in [4.69, 9.17) is 4.74 Å². The van der Waals surface area contributed by atoms with Gasteiger partial charge in [-0.25, -0.2) is 9.78 Å². The van der Waals surface area contributed by atoms with Gasteiger partial charge >= 0.3 is 6.09 Å². The van der Waals surface area contributed by atoms with Crippen LogP contribution in [-0.4, -0.2) is 36.2 Å². The Labute approximate surface area is 88.1 Å². The second-order valence-electron chi connectivity index (χ2n) is 3.34. The number of cyclic esters (lactones) is 1. The molecule has 0 aromatic carbocycles. The number of nitrogens with one attached hydrogen (secondary N) is 1. The van der Waals surface area contributed by atoms with E-state index in [0.717, 1.165) is 11.4 Å². The monoisotopic (exact) mass is 207 g/mol. The molecule has 0 spiro atoms. The van der Waals surface area contributed by atoms with Crippen LogP contribution in [0.1, 0.15) is 5.56 Å². The fourth-order valence-corrected chi connectivity index (χ4v) is 1.46. The fourth-order valence-electron chi connectivity index (χ4n) is 1.46. The van der Waals surface area contributed by atoms with Crippen LogP contribution in [0.5, 0.6) is 0 Å². The first-order chi connectivity index (χ1) is 7.29. The first-order valence-electron chi connectivity index (χ1n) is 4.84. The summed E-state index contributed by atoms with van der Waals surface area (Å²) in [6, 6.07) is 3.83. The van der Waals surface area contributed by atoms with Gasteiger partial charge in [0.05, 0.1) is 13.1 Å². The minimum absolute atomic E-state index is 0.243. The number of hydrogen-bond acceptors (Lipinski definition) is 4. The van der Waals surface area contributed by atoms with Crippen LogP contribution in [0.4, 0.5) is 10.6 Å². The van der Waals surface area contributed by atoms with Crippen LogP contribution < -0.4 is 5.32 Å². The van der Waals surface area contributed by atoms with Gasteiger partial charge in [0.2, 0.25) is 0 Å². The second-order valence-corrected chi connectivity index (χ2v) is 3.34. The molecule has 1 aliphatic rings. The Morgan fingerprint density at radius 3 is 3.00 bits per heavy atom. The molecule has 0 radical (unpaired) electrons. The quantitative estimate of drug-likeness (QED) is 0.805. The summed E-state index contributed by atoms with van der Waals surface area (Å²) in [4.78, 5) is 17.0. The Morgan fingerprint density at radius 1 is 1.60 bits per heavy atom. The average molecular weight is 207 g/mol. The van der Waals surface area contributed by atoms with Crippen molar-refractivity contribution in [2.75, 3.05) is 25.5 Å². The number of aromatic nitrogens is 1. The normalized spacial score (nSPS) is 15.3. The Morgan fingerprint density at radius 2 is 2.47 bits per heavy atom. The second kappa shape index (κ2) is 4.16. The third-order valence-corrected chi connectivity index (χ3v) is 2.30. The van der Waals surface area contributed by atoms with E-state index in [1.807, 2.05) is 19.2 Å². The largest absolute Gasteiger partial charge is 0.448 e. The predicted octanol–water partition coefficient (Wildman–Crippen LogP) is 1.08. The first-order valence-corrected chi connectivity index (χ1v) is 4.84. The van der Waals surface area contributed by atoms with Crippen molar-refractivity contribution in [1.82, 2.24) is 9.88 Å². The van der Waals surface area contributed by atoms with Crippen LogP contribution in [0.15, 0.2) is 18.3 Å². The minimum atomic E-state index is -0.243. The maximum atomic E-state index is 11.2. The van der Waals surface area contributed by atoms with Crippen molar-refractivity contribution >= 4 is 11.9 Å². The van der Waals surface area contributed by atoms with Gasteiger partial charge in [-0.15, -0.1) is 0 Å². The summed E-state index contributed by atoms with van der Waals surface area (Å²) < 4.78 is 4.84. The molecule has 1 amide bonds. The third kappa shape index (κ3) is 2.18. The van der Waals surface area contributed by atoms with Gasteiger partial charge in [0, 0.05) is 13.2 Å². The third-order valence-electron chi connectivity index (χ3n) is 2.30. The molecule has 1 N–H and O–H groups in total. The zero-order chi connectivity index (χ0) is 10.7. The molecule has 5 heteroatoms. The lowest BCUT2D eigenvalue weighted by Gasteiger charge is -2.12. The number of amides is 1. The molecule has 0 unspecified atom stereocenters. The summed E-state index contributed by atoms with van der Waals surface area (Å²) in [5, 5.41) is 2.94. The van der Waals surface area contributed by atoms with Gasteiger partial charge in [-0.2, -0.15) is 0 Å². The average Bonchev–Trinajstić information content (AvgIpc) is 2.66. The van der Waals surface area contributed by atoms with Gasteiger partial charge in [-0.05, 0) is 11.6 Å². The zero-order valence-corrected chi connectivity index (χ0v) is 8.56. The highest BCUT2D eigenvalue weighted by molar-refractivity contribution is 5.69. The van der Waals surface area contributed by atoms with Crippen LogP contribution in [0, 0.1) is 0 Å². The molecule has 1 aliphatic heterocycles. The van der Waals surface area contributed by atoms with Gasteiger partial charge in [0.15, 0.2) is 0 Å².